The molecule has 0 aliphatic carbocycles. The van der Waals surface area contributed by atoms with E-state index in [9.17, 15) is 5.26 Å². The standard InChI is InChI=1S/C16H16N6O2/c17-8-12-15(13-2-1-6-24-13)21-22-5-3-14(20-16(12)22)19-10-11-9-18-4-7-23-11/h1-3,5-6,11,18H,4,7,9-10H2,(H,19,20). The van der Waals surface area contributed by atoms with Crippen LogP contribution in [-0.2, 0) is 4.74 Å². The molecule has 1 saturated heterocycles. The van der Waals surface area contributed by atoms with Crippen LogP contribution in [-0.4, -0.2) is 46.9 Å². The summed E-state index contributed by atoms with van der Waals surface area (Å²) in [6.07, 6.45) is 3.44. The maximum atomic E-state index is 9.50. The summed E-state index contributed by atoms with van der Waals surface area (Å²) >= 11 is 0. The minimum Gasteiger partial charge on any atom is -0.463 e. The van der Waals surface area contributed by atoms with Crippen LogP contribution in [0.2, 0.25) is 0 Å². The third-order valence-corrected chi connectivity index (χ3v) is 3.87. The van der Waals surface area contributed by atoms with Crippen molar-refractivity contribution in [2.75, 3.05) is 31.6 Å². The van der Waals surface area contributed by atoms with E-state index in [1.165, 1.54) is 0 Å². The zero-order valence-electron chi connectivity index (χ0n) is 12.9. The van der Waals surface area contributed by atoms with Gasteiger partial charge >= 0.3 is 0 Å². The Hall–Kier alpha value is -2.89. The van der Waals surface area contributed by atoms with E-state index in [1.807, 2.05) is 6.07 Å². The maximum Gasteiger partial charge on any atom is 0.175 e. The minimum atomic E-state index is 0.107. The number of hydrogen-bond acceptors (Lipinski definition) is 7. The van der Waals surface area contributed by atoms with Crippen LogP contribution in [0.15, 0.2) is 35.1 Å². The number of morpholine rings is 1. The third kappa shape index (κ3) is 2.71. The number of nitrogens with one attached hydrogen (secondary N) is 2. The highest BCUT2D eigenvalue weighted by molar-refractivity contribution is 5.72. The topological polar surface area (TPSA) is 100 Å². The molecular formula is C16H16N6O2. The predicted molar refractivity (Wildman–Crippen MR) is 86.5 cm³/mol. The van der Waals surface area contributed by atoms with Crippen LogP contribution in [0.4, 0.5) is 5.82 Å². The fraction of sp³-hybridized carbons (Fsp3) is 0.312. The molecule has 122 valence electrons. The third-order valence-electron chi connectivity index (χ3n) is 3.87. The summed E-state index contributed by atoms with van der Waals surface area (Å²) in [4.78, 5) is 4.51. The van der Waals surface area contributed by atoms with E-state index in [4.69, 9.17) is 9.15 Å². The molecule has 8 nitrogen and oxygen atoms in total. The van der Waals surface area contributed by atoms with Gasteiger partial charge in [0.2, 0.25) is 0 Å². The first-order valence-electron chi connectivity index (χ1n) is 7.74. The number of fused-ring (bicyclic) bond motifs is 1. The summed E-state index contributed by atoms with van der Waals surface area (Å²) < 4.78 is 12.6. The van der Waals surface area contributed by atoms with Crippen molar-refractivity contribution >= 4 is 11.5 Å². The molecule has 0 bridgehead atoms. The van der Waals surface area contributed by atoms with Gasteiger partial charge in [0.05, 0.1) is 19.0 Å². The van der Waals surface area contributed by atoms with E-state index < -0.39 is 0 Å². The van der Waals surface area contributed by atoms with Crippen LogP contribution in [0.1, 0.15) is 5.56 Å². The zero-order chi connectivity index (χ0) is 16.4. The molecule has 3 aromatic heterocycles. The first kappa shape index (κ1) is 14.7. The van der Waals surface area contributed by atoms with Crippen molar-refractivity contribution in [2.45, 2.75) is 6.10 Å². The number of anilines is 1. The van der Waals surface area contributed by atoms with Gasteiger partial charge in [-0.05, 0) is 18.2 Å². The lowest BCUT2D eigenvalue weighted by molar-refractivity contribution is 0.0372. The van der Waals surface area contributed by atoms with E-state index in [1.54, 1.807) is 29.1 Å². The summed E-state index contributed by atoms with van der Waals surface area (Å²) in [5, 5.41) is 20.4. The predicted octanol–water partition coefficient (Wildman–Crippen LogP) is 1.26. The average molecular weight is 324 g/mol. The fourth-order valence-electron chi connectivity index (χ4n) is 2.69. The highest BCUT2D eigenvalue weighted by Crippen LogP contribution is 2.25. The SMILES string of the molecule is N#Cc1c(-c2ccco2)nn2ccc(NCC3CNCCO3)nc12. The van der Waals surface area contributed by atoms with Gasteiger partial charge in [0, 0.05) is 25.8 Å². The maximum absolute atomic E-state index is 9.50. The van der Waals surface area contributed by atoms with Crippen LogP contribution >= 0.6 is 0 Å². The molecule has 0 saturated carbocycles. The fourth-order valence-corrected chi connectivity index (χ4v) is 2.69. The van der Waals surface area contributed by atoms with Gasteiger partial charge in [-0.2, -0.15) is 10.4 Å². The quantitative estimate of drug-likeness (QED) is 0.745. The highest BCUT2D eigenvalue weighted by atomic mass is 16.5. The molecule has 3 aromatic rings. The summed E-state index contributed by atoms with van der Waals surface area (Å²) in [6.45, 7) is 3.06. The van der Waals surface area contributed by atoms with Crippen molar-refractivity contribution in [3.05, 3.63) is 36.2 Å². The highest BCUT2D eigenvalue weighted by Gasteiger charge is 2.18. The van der Waals surface area contributed by atoms with E-state index in [2.05, 4.69) is 26.8 Å². The average Bonchev–Trinajstić information content (AvgIpc) is 3.27. The monoisotopic (exact) mass is 324 g/mol. The Morgan fingerprint density at radius 3 is 3.17 bits per heavy atom. The summed E-state index contributed by atoms with van der Waals surface area (Å²) in [5.41, 5.74) is 1.38. The summed E-state index contributed by atoms with van der Waals surface area (Å²) in [5.74, 6) is 1.23. The Bertz CT molecular complexity index is 874. The van der Waals surface area contributed by atoms with Crippen molar-refractivity contribution in [2.24, 2.45) is 0 Å². The van der Waals surface area contributed by atoms with Crippen molar-refractivity contribution < 1.29 is 9.15 Å². The molecule has 4 rings (SSSR count). The molecule has 1 unspecified atom stereocenters. The van der Waals surface area contributed by atoms with Crippen molar-refractivity contribution in [1.29, 1.82) is 5.26 Å². The van der Waals surface area contributed by atoms with E-state index in [0.717, 1.165) is 13.1 Å². The van der Waals surface area contributed by atoms with Crippen LogP contribution in [0.3, 0.4) is 0 Å². The van der Waals surface area contributed by atoms with Gasteiger partial charge in [-0.15, -0.1) is 0 Å². The van der Waals surface area contributed by atoms with Gasteiger partial charge in [0.15, 0.2) is 11.4 Å². The lowest BCUT2D eigenvalue weighted by Gasteiger charge is -2.23. The van der Waals surface area contributed by atoms with Gasteiger partial charge in [-0.25, -0.2) is 9.50 Å². The number of aromatic nitrogens is 3. The van der Waals surface area contributed by atoms with Gasteiger partial charge in [-0.1, -0.05) is 0 Å². The summed E-state index contributed by atoms with van der Waals surface area (Å²) in [7, 11) is 0. The Morgan fingerprint density at radius 1 is 1.46 bits per heavy atom. The van der Waals surface area contributed by atoms with Crippen LogP contribution in [0, 0.1) is 11.3 Å². The van der Waals surface area contributed by atoms with E-state index in [-0.39, 0.29) is 6.10 Å². The van der Waals surface area contributed by atoms with Gasteiger partial charge in [0.25, 0.3) is 0 Å². The number of ether oxygens (including phenoxy) is 1. The van der Waals surface area contributed by atoms with Gasteiger partial charge < -0.3 is 19.8 Å². The number of hydrogen-bond donors (Lipinski definition) is 2. The molecule has 0 radical (unpaired) electrons. The van der Waals surface area contributed by atoms with Gasteiger partial charge in [0.1, 0.15) is 23.1 Å². The second-order valence-electron chi connectivity index (χ2n) is 5.47. The Labute approximate surface area is 138 Å². The molecule has 1 fully saturated rings. The van der Waals surface area contributed by atoms with Crippen molar-refractivity contribution in [3.8, 4) is 17.5 Å². The van der Waals surface area contributed by atoms with Crippen molar-refractivity contribution in [1.82, 2.24) is 19.9 Å². The Morgan fingerprint density at radius 2 is 2.42 bits per heavy atom. The number of rotatable bonds is 4. The van der Waals surface area contributed by atoms with Crippen LogP contribution in [0.5, 0.6) is 0 Å². The molecule has 8 heteroatoms. The smallest absolute Gasteiger partial charge is 0.175 e. The molecular weight excluding hydrogens is 308 g/mol. The molecule has 0 amide bonds. The lowest BCUT2D eigenvalue weighted by Crippen LogP contribution is -2.42. The molecule has 1 atom stereocenters. The van der Waals surface area contributed by atoms with E-state index >= 15 is 0 Å². The zero-order valence-corrected chi connectivity index (χ0v) is 12.9. The van der Waals surface area contributed by atoms with Gasteiger partial charge in [-0.3, -0.25) is 0 Å². The molecule has 0 aromatic carbocycles. The molecule has 1 aliphatic heterocycles. The first-order valence-corrected chi connectivity index (χ1v) is 7.74. The number of furan rings is 1. The summed E-state index contributed by atoms with van der Waals surface area (Å²) in [6, 6.07) is 7.53. The number of nitrogens with zero attached hydrogens (tertiary/aromatic N) is 4. The molecule has 0 spiro atoms. The Balaban J connectivity index is 1.61. The molecule has 24 heavy (non-hydrogen) atoms. The Kier molecular flexibility index (Phi) is 3.86. The normalized spacial score (nSPS) is 17.7. The second kappa shape index (κ2) is 6.31. The van der Waals surface area contributed by atoms with E-state index in [0.29, 0.717) is 41.6 Å². The first-order chi connectivity index (χ1) is 11.8. The largest absolute Gasteiger partial charge is 0.463 e. The molecule has 1 aliphatic rings. The number of nitriles is 1. The van der Waals surface area contributed by atoms with Crippen molar-refractivity contribution in [3.63, 3.8) is 0 Å². The lowest BCUT2D eigenvalue weighted by atomic mass is 10.2. The van der Waals surface area contributed by atoms with Crippen LogP contribution in [0.25, 0.3) is 17.1 Å². The minimum absolute atomic E-state index is 0.107. The molecule has 4 heterocycles. The molecule has 2 N–H and O–H groups in total. The van der Waals surface area contributed by atoms with Crippen LogP contribution < -0.4 is 10.6 Å². The second-order valence-corrected chi connectivity index (χ2v) is 5.47.